The van der Waals surface area contributed by atoms with E-state index in [9.17, 15) is 4.79 Å². The predicted octanol–water partition coefficient (Wildman–Crippen LogP) is 2.21. The molecule has 0 aliphatic carbocycles. The van der Waals surface area contributed by atoms with Crippen molar-refractivity contribution in [2.75, 3.05) is 5.32 Å². The molecule has 6 heteroatoms. The number of nitrogens with zero attached hydrogens (tertiary/aromatic N) is 2. The summed E-state index contributed by atoms with van der Waals surface area (Å²) in [5.41, 5.74) is 5.02. The summed E-state index contributed by atoms with van der Waals surface area (Å²) in [6.45, 7) is 8.03. The zero-order chi connectivity index (χ0) is 13.9. The Balaban J connectivity index is 2.90. The number of hydrogen-bond donors (Lipinski definition) is 2. The number of carbonyl (C=O) groups excluding carboxylic acids is 1. The molecule has 3 N–H and O–H groups in total. The lowest BCUT2D eigenvalue weighted by atomic mass is 9.96. The largest absolute Gasteiger partial charge is 0.370 e. The number of anilines is 1. The molecule has 0 saturated carbocycles. The van der Waals surface area contributed by atoms with Crippen LogP contribution in [0.1, 0.15) is 39.9 Å². The first-order valence-corrected chi connectivity index (χ1v) is 6.57. The minimum Gasteiger partial charge on any atom is -0.370 e. The number of primary amides is 1. The van der Waals surface area contributed by atoms with Crippen LogP contribution < -0.4 is 11.1 Å². The molecule has 0 aromatic carbocycles. The van der Waals surface area contributed by atoms with Crippen LogP contribution in [0.3, 0.4) is 0 Å². The van der Waals surface area contributed by atoms with Gasteiger partial charge >= 0.3 is 0 Å². The minimum atomic E-state index is -0.334. The highest BCUT2D eigenvalue weighted by molar-refractivity contribution is 9.10. The number of nitrogens with one attached hydrogen (secondary N) is 1. The van der Waals surface area contributed by atoms with Gasteiger partial charge in [-0.3, -0.25) is 4.79 Å². The van der Waals surface area contributed by atoms with Crippen LogP contribution in [0.15, 0.2) is 10.7 Å². The molecule has 0 aliphatic rings. The Bertz CT molecular complexity index is 442. The van der Waals surface area contributed by atoms with Gasteiger partial charge in [-0.15, -0.1) is 0 Å². The number of carbonyl (C=O) groups is 1. The Morgan fingerprint density at radius 3 is 2.61 bits per heavy atom. The number of rotatable bonds is 4. The predicted molar refractivity (Wildman–Crippen MR) is 75.3 cm³/mol. The summed E-state index contributed by atoms with van der Waals surface area (Å²) in [4.78, 5) is 19.6. The molecular weight excluding hydrogens is 296 g/mol. The Morgan fingerprint density at radius 1 is 1.50 bits per heavy atom. The van der Waals surface area contributed by atoms with Crippen molar-refractivity contribution in [1.29, 1.82) is 0 Å². The molecule has 0 saturated heterocycles. The van der Waals surface area contributed by atoms with E-state index >= 15 is 0 Å². The summed E-state index contributed by atoms with van der Waals surface area (Å²) in [7, 11) is 0. The van der Waals surface area contributed by atoms with Gasteiger partial charge in [0.05, 0.1) is 0 Å². The average molecular weight is 315 g/mol. The van der Waals surface area contributed by atoms with Crippen LogP contribution in [0, 0.1) is 0 Å². The standard InChI is InChI=1S/C12H19BrN4O/c1-7(5-9(14)18)15-10-6-8(13)16-11(17-10)12(2,3)4/h6-7H,5H2,1-4H3,(H2,14,18)(H,15,16,17). The van der Waals surface area contributed by atoms with Gasteiger partial charge in [-0.2, -0.15) is 0 Å². The quantitative estimate of drug-likeness (QED) is 0.835. The lowest BCUT2D eigenvalue weighted by Gasteiger charge is -2.19. The van der Waals surface area contributed by atoms with Crippen molar-refractivity contribution in [1.82, 2.24) is 9.97 Å². The Kier molecular flexibility index (Phi) is 4.67. The van der Waals surface area contributed by atoms with Gasteiger partial charge in [0.2, 0.25) is 5.91 Å². The molecule has 0 aliphatic heterocycles. The Labute approximate surface area is 116 Å². The lowest BCUT2D eigenvalue weighted by molar-refractivity contribution is -0.118. The molecule has 18 heavy (non-hydrogen) atoms. The minimum absolute atomic E-state index is 0.0582. The van der Waals surface area contributed by atoms with E-state index in [4.69, 9.17) is 5.73 Å². The van der Waals surface area contributed by atoms with Gasteiger partial charge in [0.15, 0.2) is 0 Å². The van der Waals surface area contributed by atoms with E-state index in [1.165, 1.54) is 0 Å². The van der Waals surface area contributed by atoms with Crippen molar-refractivity contribution < 1.29 is 4.79 Å². The highest BCUT2D eigenvalue weighted by Gasteiger charge is 2.19. The highest BCUT2D eigenvalue weighted by Crippen LogP contribution is 2.22. The van der Waals surface area contributed by atoms with E-state index < -0.39 is 0 Å². The molecule has 0 radical (unpaired) electrons. The monoisotopic (exact) mass is 314 g/mol. The van der Waals surface area contributed by atoms with Crippen LogP contribution in [0.25, 0.3) is 0 Å². The van der Waals surface area contributed by atoms with Crippen molar-refractivity contribution >= 4 is 27.7 Å². The van der Waals surface area contributed by atoms with Gasteiger partial charge in [-0.1, -0.05) is 20.8 Å². The van der Waals surface area contributed by atoms with Crippen molar-refractivity contribution in [2.24, 2.45) is 5.73 Å². The third kappa shape index (κ3) is 4.60. The number of nitrogens with two attached hydrogens (primary N) is 1. The fourth-order valence-electron chi connectivity index (χ4n) is 1.43. The maximum atomic E-state index is 10.8. The molecule has 5 nitrogen and oxygen atoms in total. The second kappa shape index (κ2) is 5.65. The lowest BCUT2D eigenvalue weighted by Crippen LogP contribution is -2.25. The molecule has 1 aromatic heterocycles. The van der Waals surface area contributed by atoms with E-state index in [0.29, 0.717) is 5.82 Å². The van der Waals surface area contributed by atoms with Crippen LogP contribution in [-0.2, 0) is 10.2 Å². The van der Waals surface area contributed by atoms with Crippen LogP contribution >= 0.6 is 15.9 Å². The maximum Gasteiger partial charge on any atom is 0.219 e. The SMILES string of the molecule is CC(CC(N)=O)Nc1cc(Br)nc(C(C)(C)C)n1. The third-order valence-electron chi connectivity index (χ3n) is 2.27. The van der Waals surface area contributed by atoms with E-state index in [1.54, 1.807) is 6.07 Å². The first-order valence-electron chi connectivity index (χ1n) is 5.78. The van der Waals surface area contributed by atoms with Gasteiger partial charge in [-0.05, 0) is 22.9 Å². The summed E-state index contributed by atoms with van der Waals surface area (Å²) >= 11 is 3.36. The van der Waals surface area contributed by atoms with E-state index in [-0.39, 0.29) is 23.8 Å². The zero-order valence-electron chi connectivity index (χ0n) is 11.1. The van der Waals surface area contributed by atoms with Gasteiger partial charge in [0.1, 0.15) is 16.2 Å². The molecule has 1 unspecified atom stereocenters. The van der Waals surface area contributed by atoms with E-state index in [0.717, 1.165) is 10.4 Å². The topological polar surface area (TPSA) is 80.9 Å². The fraction of sp³-hybridized carbons (Fsp3) is 0.583. The number of aromatic nitrogens is 2. The number of hydrogen-bond acceptors (Lipinski definition) is 4. The van der Waals surface area contributed by atoms with Crippen molar-refractivity contribution in [3.05, 3.63) is 16.5 Å². The summed E-state index contributed by atoms with van der Waals surface area (Å²) in [6.07, 6.45) is 0.270. The van der Waals surface area contributed by atoms with Crippen LogP contribution in [0.4, 0.5) is 5.82 Å². The normalized spacial score (nSPS) is 13.2. The van der Waals surface area contributed by atoms with Crippen molar-refractivity contribution in [2.45, 2.75) is 45.6 Å². The van der Waals surface area contributed by atoms with E-state index in [1.807, 2.05) is 27.7 Å². The van der Waals surface area contributed by atoms with Gasteiger partial charge < -0.3 is 11.1 Å². The molecule has 1 aromatic rings. The molecule has 0 bridgehead atoms. The highest BCUT2D eigenvalue weighted by atomic mass is 79.9. The molecule has 1 atom stereocenters. The molecular formula is C12H19BrN4O. The molecule has 0 spiro atoms. The summed E-state index contributed by atoms with van der Waals surface area (Å²) in [5, 5.41) is 3.14. The summed E-state index contributed by atoms with van der Waals surface area (Å²) < 4.78 is 0.719. The summed E-state index contributed by atoms with van der Waals surface area (Å²) in [5.74, 6) is 1.10. The second-order valence-electron chi connectivity index (χ2n) is 5.37. The first-order chi connectivity index (χ1) is 8.18. The molecule has 1 rings (SSSR count). The second-order valence-corrected chi connectivity index (χ2v) is 6.18. The maximum absolute atomic E-state index is 10.8. The number of amides is 1. The van der Waals surface area contributed by atoms with Crippen LogP contribution in [-0.4, -0.2) is 21.9 Å². The fourth-order valence-corrected chi connectivity index (χ4v) is 1.82. The first kappa shape index (κ1) is 14.9. The number of halogens is 1. The smallest absolute Gasteiger partial charge is 0.219 e. The summed E-state index contributed by atoms with van der Waals surface area (Å²) in [6, 6.07) is 1.73. The van der Waals surface area contributed by atoms with E-state index in [2.05, 4.69) is 31.2 Å². The average Bonchev–Trinajstić information content (AvgIpc) is 2.13. The van der Waals surface area contributed by atoms with Crippen molar-refractivity contribution in [3.8, 4) is 0 Å². The van der Waals surface area contributed by atoms with Gasteiger partial charge in [0, 0.05) is 23.9 Å². The Hall–Kier alpha value is -1.17. The molecule has 0 fully saturated rings. The zero-order valence-corrected chi connectivity index (χ0v) is 12.7. The molecule has 1 amide bonds. The molecule has 1 heterocycles. The van der Waals surface area contributed by atoms with Crippen LogP contribution in [0.5, 0.6) is 0 Å². The van der Waals surface area contributed by atoms with Crippen molar-refractivity contribution in [3.63, 3.8) is 0 Å². The molecule has 100 valence electrons. The van der Waals surface area contributed by atoms with Gasteiger partial charge in [0.25, 0.3) is 0 Å². The Morgan fingerprint density at radius 2 is 2.11 bits per heavy atom. The van der Waals surface area contributed by atoms with Crippen LogP contribution in [0.2, 0.25) is 0 Å². The van der Waals surface area contributed by atoms with Gasteiger partial charge in [-0.25, -0.2) is 9.97 Å². The third-order valence-corrected chi connectivity index (χ3v) is 2.67.